The number of rotatable bonds is 5. The summed E-state index contributed by atoms with van der Waals surface area (Å²) in [4.78, 5) is 14.8. The maximum Gasteiger partial charge on any atom is 0.252 e. The number of nitrogens with zero attached hydrogens (tertiary/aromatic N) is 1. The Kier molecular flexibility index (Phi) is 6.28. The first-order valence-corrected chi connectivity index (χ1v) is 10.7. The minimum absolute atomic E-state index is 0.139. The summed E-state index contributed by atoms with van der Waals surface area (Å²) in [7, 11) is 0. The number of hydrogen-bond acceptors (Lipinski definition) is 2. The topological polar surface area (TPSA) is 40.5 Å². The van der Waals surface area contributed by atoms with Crippen molar-refractivity contribution in [3.05, 3.63) is 77.4 Å². The number of aliphatic hydroxyl groups is 1. The maximum atomic E-state index is 14.4. The molecule has 2 aliphatic rings. The standard InChI is InChI=1S/C25H27F2NO2/c26-20-11-12-22(27)21(15-20)19-14-23(18-9-5-2-6-10-18)28(16-19)25(30)24(29)13-17-7-3-1-4-8-17/h2,5-6,9-12,14-15,17,23-24,29H,1,3-4,7-8,13,16H2/t23?,24-/m0/s1. The fourth-order valence-corrected chi connectivity index (χ4v) is 4.71. The Labute approximate surface area is 176 Å². The highest BCUT2D eigenvalue weighted by Crippen LogP contribution is 2.37. The molecule has 0 aromatic heterocycles. The van der Waals surface area contributed by atoms with E-state index in [1.807, 2.05) is 30.3 Å². The number of hydrogen-bond donors (Lipinski definition) is 1. The Hall–Kier alpha value is -2.53. The highest BCUT2D eigenvalue weighted by atomic mass is 19.1. The zero-order chi connectivity index (χ0) is 21.1. The first-order valence-electron chi connectivity index (χ1n) is 10.7. The molecule has 158 valence electrons. The van der Waals surface area contributed by atoms with Crippen molar-refractivity contribution in [1.82, 2.24) is 4.90 Å². The van der Waals surface area contributed by atoms with E-state index in [1.165, 1.54) is 6.42 Å². The third kappa shape index (κ3) is 4.46. The van der Waals surface area contributed by atoms with Gasteiger partial charge in [0.15, 0.2) is 0 Å². The second-order valence-corrected chi connectivity index (χ2v) is 8.39. The van der Waals surface area contributed by atoms with Gasteiger partial charge in [-0.15, -0.1) is 0 Å². The summed E-state index contributed by atoms with van der Waals surface area (Å²) in [6, 6.07) is 12.4. The Morgan fingerprint density at radius 1 is 1.07 bits per heavy atom. The summed E-state index contributed by atoms with van der Waals surface area (Å²) in [5.41, 5.74) is 1.59. The van der Waals surface area contributed by atoms with E-state index in [0.717, 1.165) is 49.4 Å². The predicted octanol–water partition coefficient (Wildman–Crippen LogP) is 5.26. The highest BCUT2D eigenvalue weighted by molar-refractivity contribution is 5.86. The molecular weight excluding hydrogens is 384 g/mol. The zero-order valence-corrected chi connectivity index (χ0v) is 16.9. The average Bonchev–Trinajstić information content (AvgIpc) is 3.21. The Morgan fingerprint density at radius 2 is 1.80 bits per heavy atom. The SMILES string of the molecule is O=C([C@@H](O)CC1CCCCC1)N1CC(c2cc(F)ccc2F)=CC1c1ccccc1. The van der Waals surface area contributed by atoms with Crippen LogP contribution in [0.5, 0.6) is 0 Å². The smallest absolute Gasteiger partial charge is 0.252 e. The molecule has 1 N–H and O–H groups in total. The van der Waals surface area contributed by atoms with E-state index >= 15 is 0 Å². The van der Waals surface area contributed by atoms with Crippen LogP contribution in [0.2, 0.25) is 0 Å². The van der Waals surface area contributed by atoms with E-state index in [-0.39, 0.29) is 18.0 Å². The molecule has 1 heterocycles. The number of benzene rings is 2. The van der Waals surface area contributed by atoms with Gasteiger partial charge in [0, 0.05) is 12.1 Å². The van der Waals surface area contributed by atoms with Crippen molar-refractivity contribution in [2.24, 2.45) is 5.92 Å². The van der Waals surface area contributed by atoms with Crippen molar-refractivity contribution in [3.8, 4) is 0 Å². The Bertz CT molecular complexity index is 922. The van der Waals surface area contributed by atoms with Crippen LogP contribution in [-0.2, 0) is 4.79 Å². The van der Waals surface area contributed by atoms with E-state index in [1.54, 1.807) is 11.0 Å². The van der Waals surface area contributed by atoms with Crippen LogP contribution < -0.4 is 0 Å². The van der Waals surface area contributed by atoms with E-state index < -0.39 is 23.8 Å². The molecule has 1 fully saturated rings. The molecule has 3 nitrogen and oxygen atoms in total. The quantitative estimate of drug-likeness (QED) is 0.729. The van der Waals surface area contributed by atoms with Crippen LogP contribution in [0, 0.1) is 17.6 Å². The molecular formula is C25H27F2NO2. The van der Waals surface area contributed by atoms with Gasteiger partial charge < -0.3 is 10.0 Å². The Balaban J connectivity index is 1.59. The van der Waals surface area contributed by atoms with Crippen molar-refractivity contribution in [3.63, 3.8) is 0 Å². The predicted molar refractivity (Wildman–Crippen MR) is 112 cm³/mol. The summed E-state index contributed by atoms with van der Waals surface area (Å²) in [6.45, 7) is 0.139. The molecule has 2 aromatic rings. The molecule has 2 atom stereocenters. The number of halogens is 2. The molecule has 1 amide bonds. The first kappa shape index (κ1) is 20.7. The molecule has 0 saturated heterocycles. The Morgan fingerprint density at radius 3 is 2.53 bits per heavy atom. The number of carbonyl (C=O) groups excluding carboxylic acids is 1. The van der Waals surface area contributed by atoms with Crippen molar-refractivity contribution in [2.45, 2.75) is 50.7 Å². The van der Waals surface area contributed by atoms with Crippen LogP contribution in [0.3, 0.4) is 0 Å². The van der Waals surface area contributed by atoms with Gasteiger partial charge in [0.1, 0.15) is 17.7 Å². The second kappa shape index (κ2) is 9.09. The third-order valence-corrected chi connectivity index (χ3v) is 6.30. The van der Waals surface area contributed by atoms with Gasteiger partial charge in [-0.05, 0) is 41.7 Å². The molecule has 1 aliphatic heterocycles. The minimum atomic E-state index is -1.08. The molecule has 1 aliphatic carbocycles. The fraction of sp³-hybridized carbons (Fsp3) is 0.400. The van der Waals surface area contributed by atoms with Crippen LogP contribution in [0.15, 0.2) is 54.6 Å². The summed E-state index contributed by atoms with van der Waals surface area (Å²) >= 11 is 0. The van der Waals surface area contributed by atoms with Crippen molar-refractivity contribution in [2.75, 3.05) is 6.54 Å². The third-order valence-electron chi connectivity index (χ3n) is 6.30. The summed E-state index contributed by atoms with van der Waals surface area (Å²) in [6.07, 6.45) is 6.78. The van der Waals surface area contributed by atoms with Crippen LogP contribution in [0.4, 0.5) is 8.78 Å². The summed E-state index contributed by atoms with van der Waals surface area (Å²) < 4.78 is 28.1. The molecule has 0 spiro atoms. The van der Waals surface area contributed by atoms with Crippen molar-refractivity contribution >= 4 is 11.5 Å². The lowest BCUT2D eigenvalue weighted by Crippen LogP contribution is -2.40. The van der Waals surface area contributed by atoms with Gasteiger partial charge >= 0.3 is 0 Å². The van der Waals surface area contributed by atoms with E-state index in [9.17, 15) is 18.7 Å². The molecule has 0 bridgehead atoms. The summed E-state index contributed by atoms with van der Waals surface area (Å²) in [5, 5.41) is 10.7. The molecule has 4 rings (SSSR count). The van der Waals surface area contributed by atoms with Crippen molar-refractivity contribution in [1.29, 1.82) is 0 Å². The zero-order valence-electron chi connectivity index (χ0n) is 16.9. The average molecular weight is 411 g/mol. The lowest BCUT2D eigenvalue weighted by molar-refractivity contribution is -0.141. The first-order chi connectivity index (χ1) is 14.5. The van der Waals surface area contributed by atoms with Gasteiger partial charge in [0.05, 0.1) is 6.04 Å². The lowest BCUT2D eigenvalue weighted by Gasteiger charge is -2.30. The van der Waals surface area contributed by atoms with Gasteiger partial charge in [0.25, 0.3) is 5.91 Å². The molecule has 5 heteroatoms. The lowest BCUT2D eigenvalue weighted by atomic mass is 9.85. The van der Waals surface area contributed by atoms with Gasteiger partial charge in [0.2, 0.25) is 0 Å². The van der Waals surface area contributed by atoms with Crippen LogP contribution in [0.25, 0.3) is 5.57 Å². The number of carbonyl (C=O) groups is 1. The second-order valence-electron chi connectivity index (χ2n) is 8.39. The minimum Gasteiger partial charge on any atom is -0.383 e. The molecule has 30 heavy (non-hydrogen) atoms. The molecule has 0 radical (unpaired) electrons. The number of amides is 1. The van der Waals surface area contributed by atoms with Gasteiger partial charge in [-0.25, -0.2) is 8.78 Å². The van der Waals surface area contributed by atoms with Crippen LogP contribution in [0.1, 0.15) is 55.7 Å². The van der Waals surface area contributed by atoms with E-state index in [4.69, 9.17) is 0 Å². The number of aliphatic hydroxyl groups excluding tert-OH is 1. The molecule has 2 aromatic carbocycles. The normalized spacial score (nSPS) is 20.8. The van der Waals surface area contributed by atoms with E-state index in [0.29, 0.717) is 17.9 Å². The fourth-order valence-electron chi connectivity index (χ4n) is 4.71. The van der Waals surface area contributed by atoms with Gasteiger partial charge in [-0.3, -0.25) is 4.79 Å². The van der Waals surface area contributed by atoms with E-state index in [2.05, 4.69) is 0 Å². The molecule has 1 unspecified atom stereocenters. The van der Waals surface area contributed by atoms with Crippen LogP contribution >= 0.6 is 0 Å². The molecule has 1 saturated carbocycles. The van der Waals surface area contributed by atoms with Gasteiger partial charge in [-0.1, -0.05) is 68.5 Å². The van der Waals surface area contributed by atoms with Crippen LogP contribution in [-0.4, -0.2) is 28.6 Å². The highest BCUT2D eigenvalue weighted by Gasteiger charge is 2.35. The summed E-state index contributed by atoms with van der Waals surface area (Å²) in [5.74, 6) is -1.03. The largest absolute Gasteiger partial charge is 0.383 e. The van der Waals surface area contributed by atoms with Crippen molar-refractivity contribution < 1.29 is 18.7 Å². The monoisotopic (exact) mass is 411 g/mol. The van der Waals surface area contributed by atoms with Gasteiger partial charge in [-0.2, -0.15) is 0 Å². The maximum absolute atomic E-state index is 14.4.